The number of ether oxygens (including phenoxy) is 1. The van der Waals surface area contributed by atoms with Gasteiger partial charge in [0.15, 0.2) is 16.0 Å². The van der Waals surface area contributed by atoms with Gasteiger partial charge in [0.2, 0.25) is 0 Å². The number of aryl methyl sites for hydroxylation is 1. The van der Waals surface area contributed by atoms with Gasteiger partial charge >= 0.3 is 0 Å². The molecule has 7 heteroatoms. The molecule has 5 nitrogen and oxygen atoms in total. The van der Waals surface area contributed by atoms with Crippen LogP contribution in [0.5, 0.6) is 5.75 Å². The van der Waals surface area contributed by atoms with Crippen LogP contribution in [0, 0.1) is 6.92 Å². The summed E-state index contributed by atoms with van der Waals surface area (Å²) in [6.07, 6.45) is 0. The highest BCUT2D eigenvalue weighted by atomic mass is 32.1. The summed E-state index contributed by atoms with van der Waals surface area (Å²) >= 11 is 3.11. The van der Waals surface area contributed by atoms with E-state index in [9.17, 15) is 0 Å². The van der Waals surface area contributed by atoms with E-state index in [0.29, 0.717) is 0 Å². The van der Waals surface area contributed by atoms with Crippen LogP contribution in [0.4, 0.5) is 10.3 Å². The van der Waals surface area contributed by atoms with E-state index in [1.807, 2.05) is 42.6 Å². The molecule has 0 radical (unpaired) electrons. The van der Waals surface area contributed by atoms with E-state index < -0.39 is 0 Å². The van der Waals surface area contributed by atoms with Crippen molar-refractivity contribution in [2.24, 2.45) is 0 Å². The minimum Gasteiger partial charge on any atom is -0.497 e. The van der Waals surface area contributed by atoms with Gasteiger partial charge in [-0.15, -0.1) is 11.3 Å². The number of fused-ring (bicyclic) bond motifs is 1. The minimum absolute atomic E-state index is 0.779. The number of methoxy groups -OCH3 is 1. The Kier molecular flexibility index (Phi) is 3.51. The zero-order valence-corrected chi connectivity index (χ0v) is 14.1. The number of aromatic nitrogens is 2. The predicted octanol–water partition coefficient (Wildman–Crippen LogP) is 5.07. The molecule has 3 aromatic heterocycles. The van der Waals surface area contributed by atoms with Crippen LogP contribution in [0.25, 0.3) is 21.7 Å². The molecule has 4 rings (SSSR count). The second-order valence-electron chi connectivity index (χ2n) is 4.93. The largest absolute Gasteiger partial charge is 0.497 e. The van der Waals surface area contributed by atoms with Crippen molar-refractivity contribution in [3.8, 4) is 17.2 Å². The van der Waals surface area contributed by atoms with Crippen molar-refractivity contribution in [1.82, 2.24) is 9.97 Å². The number of hydrogen-bond donors (Lipinski definition) is 1. The molecule has 0 unspecified atom stereocenters. The Balaban J connectivity index is 1.59. The lowest BCUT2D eigenvalue weighted by Gasteiger charge is -1.96. The van der Waals surface area contributed by atoms with Crippen molar-refractivity contribution in [1.29, 1.82) is 0 Å². The minimum atomic E-state index is 0.779. The van der Waals surface area contributed by atoms with Crippen LogP contribution in [0.15, 0.2) is 40.1 Å². The number of nitrogens with one attached hydrogen (secondary N) is 1. The third-order valence-corrected chi connectivity index (χ3v) is 5.02. The Morgan fingerprint density at radius 1 is 1.13 bits per heavy atom. The van der Waals surface area contributed by atoms with Crippen LogP contribution >= 0.6 is 22.7 Å². The first-order valence-electron chi connectivity index (χ1n) is 6.95. The highest BCUT2D eigenvalue weighted by Gasteiger charge is 2.10. The summed E-state index contributed by atoms with van der Waals surface area (Å²) in [5, 5.41) is 6.83. The Morgan fingerprint density at radius 3 is 2.83 bits per heavy atom. The molecule has 0 spiro atoms. The number of benzene rings is 1. The van der Waals surface area contributed by atoms with E-state index in [1.165, 1.54) is 11.3 Å². The quantitative estimate of drug-likeness (QED) is 0.560. The molecule has 0 amide bonds. The molecular formula is C16H13N3O2S2. The predicted molar refractivity (Wildman–Crippen MR) is 94.0 cm³/mol. The Bertz CT molecular complexity index is 971. The van der Waals surface area contributed by atoms with E-state index in [2.05, 4.69) is 15.3 Å². The van der Waals surface area contributed by atoms with Crippen LogP contribution in [0.2, 0.25) is 0 Å². The van der Waals surface area contributed by atoms with Crippen LogP contribution in [-0.4, -0.2) is 17.1 Å². The molecule has 23 heavy (non-hydrogen) atoms. The third-order valence-electron chi connectivity index (χ3n) is 3.31. The van der Waals surface area contributed by atoms with E-state index >= 15 is 0 Å². The van der Waals surface area contributed by atoms with Crippen LogP contribution in [-0.2, 0) is 0 Å². The molecule has 0 aliphatic rings. The fourth-order valence-electron chi connectivity index (χ4n) is 2.20. The average Bonchev–Trinajstić information content (AvgIpc) is 3.25. The lowest BCUT2D eigenvalue weighted by molar-refractivity contribution is 0.415. The molecule has 0 aliphatic carbocycles. The zero-order chi connectivity index (χ0) is 15.8. The summed E-state index contributed by atoms with van der Waals surface area (Å²) < 4.78 is 11.9. The lowest BCUT2D eigenvalue weighted by Crippen LogP contribution is -1.88. The van der Waals surface area contributed by atoms with E-state index in [4.69, 9.17) is 9.15 Å². The fourth-order valence-corrected chi connectivity index (χ4v) is 3.80. The summed E-state index contributed by atoms with van der Waals surface area (Å²) in [4.78, 5) is 9.12. The van der Waals surface area contributed by atoms with Gasteiger partial charge in [0.1, 0.15) is 17.2 Å². The first kappa shape index (κ1) is 14.2. The third kappa shape index (κ3) is 2.80. The van der Waals surface area contributed by atoms with Gasteiger partial charge in [-0.25, -0.2) is 9.97 Å². The van der Waals surface area contributed by atoms with Crippen molar-refractivity contribution in [2.45, 2.75) is 6.92 Å². The van der Waals surface area contributed by atoms with Crippen molar-refractivity contribution in [3.63, 3.8) is 0 Å². The standard InChI is InChI=1S/C16H13N3O2S2/c1-9-3-5-13(21-9)12-8-22-15(18-12)19-16-17-11-7-10(20-2)4-6-14(11)23-16/h3-8H,1-2H3,(H,17,18,19). The first-order chi connectivity index (χ1) is 11.2. The van der Waals surface area contributed by atoms with Crippen LogP contribution in [0.3, 0.4) is 0 Å². The van der Waals surface area contributed by atoms with Gasteiger partial charge in [0.25, 0.3) is 0 Å². The number of anilines is 2. The van der Waals surface area contributed by atoms with Gasteiger partial charge in [-0.05, 0) is 31.2 Å². The number of furan rings is 1. The van der Waals surface area contributed by atoms with Crippen LogP contribution in [0.1, 0.15) is 5.76 Å². The molecule has 0 bridgehead atoms. The smallest absolute Gasteiger partial charge is 0.190 e. The maximum absolute atomic E-state index is 5.60. The van der Waals surface area contributed by atoms with E-state index in [-0.39, 0.29) is 0 Å². The van der Waals surface area contributed by atoms with Gasteiger partial charge < -0.3 is 14.5 Å². The van der Waals surface area contributed by atoms with Gasteiger partial charge in [0, 0.05) is 11.4 Å². The molecule has 0 aliphatic heterocycles. The maximum Gasteiger partial charge on any atom is 0.190 e. The molecule has 3 heterocycles. The second-order valence-corrected chi connectivity index (χ2v) is 6.81. The SMILES string of the molecule is COc1ccc2sc(Nc3nc(-c4ccc(C)o4)cs3)nc2c1. The Labute approximate surface area is 140 Å². The first-order valence-corrected chi connectivity index (χ1v) is 8.65. The van der Waals surface area contributed by atoms with E-state index in [0.717, 1.165) is 43.4 Å². The van der Waals surface area contributed by atoms with Crippen molar-refractivity contribution in [2.75, 3.05) is 12.4 Å². The molecule has 116 valence electrons. The molecule has 0 saturated heterocycles. The summed E-state index contributed by atoms with van der Waals surface area (Å²) in [6.45, 7) is 1.92. The number of rotatable bonds is 4. The maximum atomic E-state index is 5.60. The lowest BCUT2D eigenvalue weighted by atomic mass is 10.3. The fraction of sp³-hybridized carbons (Fsp3) is 0.125. The summed E-state index contributed by atoms with van der Waals surface area (Å²) in [5.41, 5.74) is 1.74. The average molecular weight is 343 g/mol. The van der Waals surface area contributed by atoms with Crippen molar-refractivity contribution < 1.29 is 9.15 Å². The number of hydrogen-bond acceptors (Lipinski definition) is 7. The normalized spacial score (nSPS) is 11.0. The Morgan fingerprint density at radius 2 is 2.04 bits per heavy atom. The van der Waals surface area contributed by atoms with Gasteiger partial charge in [-0.2, -0.15) is 0 Å². The molecule has 4 aromatic rings. The number of thiazole rings is 2. The Hall–Kier alpha value is -2.38. The van der Waals surface area contributed by atoms with Gasteiger partial charge in [-0.3, -0.25) is 0 Å². The number of nitrogens with zero attached hydrogens (tertiary/aromatic N) is 2. The van der Waals surface area contributed by atoms with Crippen LogP contribution < -0.4 is 10.1 Å². The highest BCUT2D eigenvalue weighted by molar-refractivity contribution is 7.22. The van der Waals surface area contributed by atoms with Gasteiger partial charge in [0.05, 0.1) is 17.3 Å². The molecule has 0 fully saturated rings. The van der Waals surface area contributed by atoms with Crippen molar-refractivity contribution in [3.05, 3.63) is 41.5 Å². The molecule has 1 N–H and O–H groups in total. The molecule has 0 atom stereocenters. The van der Waals surface area contributed by atoms with Gasteiger partial charge in [-0.1, -0.05) is 11.3 Å². The summed E-state index contributed by atoms with van der Waals surface area (Å²) in [5.74, 6) is 2.46. The highest BCUT2D eigenvalue weighted by Crippen LogP contribution is 2.33. The zero-order valence-electron chi connectivity index (χ0n) is 12.5. The topological polar surface area (TPSA) is 60.2 Å². The summed E-state index contributed by atoms with van der Waals surface area (Å²) in [7, 11) is 1.65. The van der Waals surface area contributed by atoms with E-state index in [1.54, 1.807) is 18.4 Å². The summed E-state index contributed by atoms with van der Waals surface area (Å²) in [6, 6.07) is 9.73. The monoisotopic (exact) mass is 343 g/mol. The van der Waals surface area contributed by atoms with Crippen molar-refractivity contribution >= 4 is 43.2 Å². The molecule has 0 saturated carbocycles. The second kappa shape index (κ2) is 5.68. The molecule has 1 aromatic carbocycles. The molecular weight excluding hydrogens is 330 g/mol.